The van der Waals surface area contributed by atoms with Gasteiger partial charge in [0.15, 0.2) is 0 Å². The molecule has 0 saturated heterocycles. The summed E-state index contributed by atoms with van der Waals surface area (Å²) in [4.78, 5) is 0. The van der Waals surface area contributed by atoms with E-state index in [9.17, 15) is 0 Å². The van der Waals surface area contributed by atoms with Gasteiger partial charge in [-0.2, -0.15) is 0 Å². The number of hydrogen-bond donors (Lipinski definition) is 0. The molecule has 0 aliphatic heterocycles. The van der Waals surface area contributed by atoms with Crippen LogP contribution in [0.25, 0.3) is 0 Å². The molecule has 0 saturated carbocycles. The van der Waals surface area contributed by atoms with Crippen LogP contribution in [0, 0.1) is 0 Å². The van der Waals surface area contributed by atoms with Crippen LogP contribution in [-0.4, -0.2) is 6.10 Å². The van der Waals surface area contributed by atoms with Crippen LogP contribution in [0.5, 0.6) is 5.75 Å². The molecule has 0 radical (unpaired) electrons. The largest absolute Gasteiger partial charge is 0.490 e. The molecule has 0 aliphatic rings. The van der Waals surface area contributed by atoms with Crippen molar-refractivity contribution in [3.63, 3.8) is 0 Å². The lowest BCUT2D eigenvalue weighted by Crippen LogP contribution is -2.16. The predicted molar refractivity (Wildman–Crippen MR) is 79.1 cm³/mol. The molecule has 0 bridgehead atoms. The minimum absolute atomic E-state index is 0.402. The van der Waals surface area contributed by atoms with Crippen molar-refractivity contribution in [3.8, 4) is 5.75 Å². The zero-order valence-corrected chi connectivity index (χ0v) is 12.0. The fourth-order valence-corrected chi connectivity index (χ4v) is 2.25. The van der Waals surface area contributed by atoms with Gasteiger partial charge in [0.25, 0.3) is 0 Å². The second kappa shape index (κ2) is 9.99. The maximum atomic E-state index is 6.06. The molecule has 18 heavy (non-hydrogen) atoms. The van der Waals surface area contributed by atoms with E-state index in [-0.39, 0.29) is 0 Å². The quantitative estimate of drug-likeness (QED) is 0.490. The Morgan fingerprint density at radius 3 is 2.22 bits per heavy atom. The lowest BCUT2D eigenvalue weighted by atomic mass is 10.0. The molecule has 0 heterocycles. The molecule has 0 aliphatic carbocycles. The minimum Gasteiger partial charge on any atom is -0.490 e. The number of benzene rings is 1. The second-order valence-electron chi connectivity index (χ2n) is 5.04. The lowest BCUT2D eigenvalue weighted by Gasteiger charge is -2.18. The molecular formula is C17H28O. The standard InChI is InChI=1S/C17H28O/c1-3-5-6-7-9-13-16(12-4-2)18-17-14-10-8-11-15-17/h8,10-11,14-16H,3-7,9,12-13H2,1-2H3. The van der Waals surface area contributed by atoms with Crippen molar-refractivity contribution in [3.05, 3.63) is 30.3 Å². The minimum atomic E-state index is 0.402. The van der Waals surface area contributed by atoms with Crippen molar-refractivity contribution in [1.82, 2.24) is 0 Å². The highest BCUT2D eigenvalue weighted by Gasteiger charge is 2.08. The highest BCUT2D eigenvalue weighted by Crippen LogP contribution is 2.18. The van der Waals surface area contributed by atoms with Crippen LogP contribution >= 0.6 is 0 Å². The van der Waals surface area contributed by atoms with Crippen LogP contribution in [0.2, 0.25) is 0 Å². The van der Waals surface area contributed by atoms with Crippen molar-refractivity contribution in [1.29, 1.82) is 0 Å². The Hall–Kier alpha value is -0.980. The summed E-state index contributed by atoms with van der Waals surface area (Å²) in [7, 11) is 0. The molecule has 0 aromatic heterocycles. The van der Waals surface area contributed by atoms with Gasteiger partial charge in [-0.1, -0.05) is 64.2 Å². The monoisotopic (exact) mass is 248 g/mol. The van der Waals surface area contributed by atoms with Gasteiger partial charge in [-0.25, -0.2) is 0 Å². The van der Waals surface area contributed by atoms with E-state index < -0.39 is 0 Å². The van der Waals surface area contributed by atoms with E-state index in [1.54, 1.807) is 0 Å². The highest BCUT2D eigenvalue weighted by atomic mass is 16.5. The van der Waals surface area contributed by atoms with E-state index in [4.69, 9.17) is 4.74 Å². The maximum Gasteiger partial charge on any atom is 0.119 e. The number of ether oxygens (including phenoxy) is 1. The maximum absolute atomic E-state index is 6.06. The third-order valence-electron chi connectivity index (χ3n) is 3.29. The summed E-state index contributed by atoms with van der Waals surface area (Å²) in [5.74, 6) is 1.02. The molecule has 0 fully saturated rings. The van der Waals surface area contributed by atoms with Crippen LogP contribution in [0.1, 0.15) is 65.2 Å². The predicted octanol–water partition coefficient (Wildman–Crippen LogP) is 5.59. The lowest BCUT2D eigenvalue weighted by molar-refractivity contribution is 0.175. The van der Waals surface area contributed by atoms with Crippen molar-refractivity contribution in [2.24, 2.45) is 0 Å². The molecule has 0 N–H and O–H groups in total. The molecule has 0 amide bonds. The first-order chi connectivity index (χ1) is 8.86. The van der Waals surface area contributed by atoms with Gasteiger partial charge in [0, 0.05) is 0 Å². The Kier molecular flexibility index (Phi) is 8.37. The summed E-state index contributed by atoms with van der Waals surface area (Å²) in [6.07, 6.45) is 10.7. The first-order valence-corrected chi connectivity index (χ1v) is 7.58. The fourth-order valence-electron chi connectivity index (χ4n) is 2.25. The van der Waals surface area contributed by atoms with E-state index in [1.165, 1.54) is 51.4 Å². The van der Waals surface area contributed by atoms with E-state index in [0.717, 1.165) is 5.75 Å². The van der Waals surface area contributed by atoms with Crippen molar-refractivity contribution in [2.75, 3.05) is 0 Å². The van der Waals surface area contributed by atoms with E-state index in [0.29, 0.717) is 6.10 Å². The second-order valence-corrected chi connectivity index (χ2v) is 5.04. The zero-order chi connectivity index (χ0) is 13.1. The average Bonchev–Trinajstić information content (AvgIpc) is 2.40. The number of rotatable bonds is 10. The van der Waals surface area contributed by atoms with Crippen molar-refractivity contribution in [2.45, 2.75) is 71.3 Å². The summed E-state index contributed by atoms with van der Waals surface area (Å²) < 4.78 is 6.06. The van der Waals surface area contributed by atoms with Crippen LogP contribution in [0.4, 0.5) is 0 Å². The van der Waals surface area contributed by atoms with Gasteiger partial charge >= 0.3 is 0 Å². The van der Waals surface area contributed by atoms with Gasteiger partial charge in [0.05, 0.1) is 6.10 Å². The molecule has 1 aromatic rings. The zero-order valence-electron chi connectivity index (χ0n) is 12.0. The Balaban J connectivity index is 2.26. The SMILES string of the molecule is CCCCCCCC(CCC)Oc1ccccc1. The highest BCUT2D eigenvalue weighted by molar-refractivity contribution is 5.21. The van der Waals surface area contributed by atoms with Crippen LogP contribution in [-0.2, 0) is 0 Å². The first kappa shape index (κ1) is 15.1. The van der Waals surface area contributed by atoms with Gasteiger partial charge in [-0.15, -0.1) is 0 Å². The third kappa shape index (κ3) is 6.68. The molecule has 1 unspecified atom stereocenters. The molecule has 0 spiro atoms. The first-order valence-electron chi connectivity index (χ1n) is 7.58. The summed E-state index contributed by atoms with van der Waals surface area (Å²) in [5.41, 5.74) is 0. The van der Waals surface area contributed by atoms with Crippen LogP contribution in [0.15, 0.2) is 30.3 Å². The smallest absolute Gasteiger partial charge is 0.119 e. The van der Waals surface area contributed by atoms with Gasteiger partial charge in [0.1, 0.15) is 5.75 Å². The van der Waals surface area contributed by atoms with Crippen LogP contribution in [0.3, 0.4) is 0 Å². The Morgan fingerprint density at radius 2 is 1.56 bits per heavy atom. The Morgan fingerprint density at radius 1 is 0.833 bits per heavy atom. The molecule has 1 nitrogen and oxygen atoms in total. The van der Waals surface area contributed by atoms with Gasteiger partial charge in [-0.3, -0.25) is 0 Å². The summed E-state index contributed by atoms with van der Waals surface area (Å²) in [6, 6.07) is 10.2. The number of hydrogen-bond acceptors (Lipinski definition) is 1. The van der Waals surface area contributed by atoms with Crippen molar-refractivity contribution >= 4 is 0 Å². The Labute approximate surface area is 113 Å². The van der Waals surface area contributed by atoms with Gasteiger partial charge in [-0.05, 0) is 31.4 Å². The normalized spacial score (nSPS) is 12.3. The summed E-state index contributed by atoms with van der Waals surface area (Å²) in [5, 5.41) is 0. The fraction of sp³-hybridized carbons (Fsp3) is 0.647. The van der Waals surface area contributed by atoms with E-state index in [1.807, 2.05) is 18.2 Å². The number of para-hydroxylation sites is 1. The third-order valence-corrected chi connectivity index (χ3v) is 3.29. The van der Waals surface area contributed by atoms with Crippen LogP contribution < -0.4 is 4.74 Å². The molecule has 102 valence electrons. The van der Waals surface area contributed by atoms with Gasteiger partial charge in [0.2, 0.25) is 0 Å². The van der Waals surface area contributed by atoms with E-state index >= 15 is 0 Å². The van der Waals surface area contributed by atoms with E-state index in [2.05, 4.69) is 26.0 Å². The summed E-state index contributed by atoms with van der Waals surface area (Å²) in [6.45, 7) is 4.50. The molecule has 1 heteroatoms. The molecule has 1 rings (SSSR count). The molecular weight excluding hydrogens is 220 g/mol. The average molecular weight is 248 g/mol. The Bertz CT molecular complexity index is 281. The van der Waals surface area contributed by atoms with Crippen molar-refractivity contribution < 1.29 is 4.74 Å². The molecule has 1 aromatic carbocycles. The topological polar surface area (TPSA) is 9.23 Å². The molecule has 1 atom stereocenters. The van der Waals surface area contributed by atoms with Gasteiger partial charge < -0.3 is 4.74 Å². The summed E-state index contributed by atoms with van der Waals surface area (Å²) >= 11 is 0. The number of unbranched alkanes of at least 4 members (excludes halogenated alkanes) is 4.